The number of alkyl carbamates (subject to hydrolysis) is 1. The number of ether oxygens (including phenoxy) is 2. The molecule has 0 spiro atoms. The third-order valence-electron chi connectivity index (χ3n) is 13.3. The number of carbonyl (C=O) groups excluding carboxylic acids is 12. The lowest BCUT2D eigenvalue weighted by atomic mass is 9.80. The molecule has 5 heterocycles. The lowest BCUT2D eigenvalue weighted by molar-refractivity contribution is -0.205. The molecule has 71 heavy (non-hydrogen) atoms. The summed E-state index contributed by atoms with van der Waals surface area (Å²) in [5, 5.41) is 10.5. The highest BCUT2D eigenvalue weighted by atomic mass is 32.2. The number of fused-ring (bicyclic) bond motifs is 1. The summed E-state index contributed by atoms with van der Waals surface area (Å²) in [6, 6.07) is 0.326. The Morgan fingerprint density at radius 3 is 1.65 bits per heavy atom. The first-order valence-electron chi connectivity index (χ1n) is 24.2. The molecule has 7 atom stereocenters. The number of hydrogen-bond donors (Lipinski definition) is 3. The first-order chi connectivity index (χ1) is 33.8. The number of hydrogen-bond acceptors (Lipinski definition) is 18. The molecule has 3 N–H and O–H groups in total. The van der Waals surface area contributed by atoms with Crippen LogP contribution >= 0.6 is 11.8 Å². The Bertz CT molecular complexity index is 2140. The second-order valence-electron chi connectivity index (χ2n) is 19.1. The third kappa shape index (κ3) is 14.9. The second kappa shape index (κ2) is 24.7. The van der Waals surface area contributed by atoms with Gasteiger partial charge in [-0.25, -0.2) is 24.0 Å². The van der Waals surface area contributed by atoms with Gasteiger partial charge < -0.3 is 35.1 Å². The highest BCUT2D eigenvalue weighted by Crippen LogP contribution is 2.36. The van der Waals surface area contributed by atoms with Crippen molar-refractivity contribution in [1.29, 1.82) is 0 Å². The Morgan fingerprint density at radius 1 is 0.648 bits per heavy atom. The molecule has 5 saturated heterocycles. The van der Waals surface area contributed by atoms with Crippen LogP contribution in [0.15, 0.2) is 24.3 Å². The molecule has 9 amide bonds. The molecule has 0 radical (unpaired) electrons. The number of rotatable bonds is 16. The third-order valence-corrected chi connectivity index (χ3v) is 14.8. The number of carbonyl (C=O) groups is 12. The number of nitrogens with zero attached hydrogens (tertiary/aromatic N) is 3. The van der Waals surface area contributed by atoms with Crippen LogP contribution < -0.4 is 16.0 Å². The summed E-state index contributed by atoms with van der Waals surface area (Å²) in [6.07, 6.45) is 11.5. The molecule has 7 rings (SSSR count). The molecule has 5 aliphatic heterocycles. The molecule has 0 aromatic carbocycles. The minimum absolute atomic E-state index is 0.0151. The molecule has 0 aromatic heterocycles. The number of imide groups is 3. The molecule has 24 heteroatoms. The first-order valence-corrected chi connectivity index (χ1v) is 25.3. The summed E-state index contributed by atoms with van der Waals surface area (Å²) < 4.78 is 10.6. The summed E-state index contributed by atoms with van der Waals surface area (Å²) in [5.41, 5.74) is -1.86. The van der Waals surface area contributed by atoms with Crippen molar-refractivity contribution in [3.8, 4) is 0 Å². The Balaban J connectivity index is 0.000000244. The van der Waals surface area contributed by atoms with Gasteiger partial charge in [0.25, 0.3) is 35.4 Å². The number of unbranched alkanes of at least 4 members (excludes halogenated alkanes) is 1. The lowest BCUT2D eigenvalue weighted by Gasteiger charge is -2.29. The fourth-order valence-corrected chi connectivity index (χ4v) is 10.5. The number of allylic oxidation sites excluding steroid dienone is 2. The van der Waals surface area contributed by atoms with Gasteiger partial charge in [0.1, 0.15) is 18.0 Å². The molecule has 0 bridgehead atoms. The van der Waals surface area contributed by atoms with Gasteiger partial charge in [0.2, 0.25) is 0 Å². The summed E-state index contributed by atoms with van der Waals surface area (Å²) in [5.74, 6) is -3.50. The average molecular weight is 1020 g/mol. The molecule has 7 unspecified atom stereocenters. The van der Waals surface area contributed by atoms with E-state index in [1.165, 1.54) is 0 Å². The van der Waals surface area contributed by atoms with Crippen LogP contribution in [-0.2, 0) is 67.1 Å². The van der Waals surface area contributed by atoms with E-state index in [2.05, 4.69) is 20.8 Å². The van der Waals surface area contributed by atoms with Crippen LogP contribution in [0.5, 0.6) is 0 Å². The molecular formula is C47H62N6O17S. The van der Waals surface area contributed by atoms with Crippen molar-refractivity contribution in [2.75, 3.05) is 12.3 Å². The number of thioether (sulfide) groups is 1. The maximum atomic E-state index is 12.7. The maximum absolute atomic E-state index is 12.7. The zero-order valence-electron chi connectivity index (χ0n) is 39.9. The van der Waals surface area contributed by atoms with Gasteiger partial charge >= 0.3 is 30.2 Å². The van der Waals surface area contributed by atoms with Crippen molar-refractivity contribution in [2.24, 2.45) is 10.8 Å². The van der Waals surface area contributed by atoms with Gasteiger partial charge in [-0.05, 0) is 96.6 Å². The molecule has 0 aromatic rings. The van der Waals surface area contributed by atoms with Gasteiger partial charge in [-0.15, -0.1) is 10.1 Å². The predicted octanol–water partition coefficient (Wildman–Crippen LogP) is 4.22. The molecule has 2 aliphatic carbocycles. The zero-order valence-corrected chi connectivity index (χ0v) is 40.8. The van der Waals surface area contributed by atoms with Crippen molar-refractivity contribution in [2.45, 2.75) is 172 Å². The summed E-state index contributed by atoms with van der Waals surface area (Å²) in [4.78, 5) is 158. The van der Waals surface area contributed by atoms with E-state index in [-0.39, 0.29) is 68.8 Å². The van der Waals surface area contributed by atoms with Crippen LogP contribution in [0.2, 0.25) is 0 Å². The van der Waals surface area contributed by atoms with Gasteiger partial charge in [-0.1, -0.05) is 23.6 Å². The average Bonchev–Trinajstić information content (AvgIpc) is 4.12. The van der Waals surface area contributed by atoms with Gasteiger partial charge in [0.05, 0.1) is 22.9 Å². The van der Waals surface area contributed by atoms with E-state index in [0.29, 0.717) is 91.2 Å². The van der Waals surface area contributed by atoms with E-state index >= 15 is 0 Å². The van der Waals surface area contributed by atoms with Crippen LogP contribution in [0.1, 0.15) is 142 Å². The maximum Gasteiger partial charge on any atom is 0.534 e. The standard InChI is InChI=1S/C28H40N4O8S.C19H22N2O9/c1-28(25(36)40-32-22(34)12-13-23(32)35)14-4-9-19(10-5-15-28)39-27(38)29-16-6-8-18(33)7-2-3-11-21-24-20(17-41-21)30-26(37)31-24;1-19(17(26)29-20-13(22)6-7-14(20)23)10-2-4-12(5-3-11-19)28-18(27)30-21-15(24)8-9-16(21)25/h4,9,19-21,24H,2-3,5-8,10-17H2,1H3,(H,29,38)(H2,30,31,37);2,4,12H,3,5-11H2,1H3/b9-4+;4-2+. The van der Waals surface area contributed by atoms with E-state index in [9.17, 15) is 57.5 Å². The molecule has 23 nitrogen and oxygen atoms in total. The number of amides is 9. The minimum atomic E-state index is -1.16. The van der Waals surface area contributed by atoms with E-state index < -0.39 is 82.7 Å². The van der Waals surface area contributed by atoms with Gasteiger partial charge in [0, 0.05) is 68.9 Å². The molecular weight excluding hydrogens is 953 g/mol. The van der Waals surface area contributed by atoms with Gasteiger partial charge in [-0.3, -0.25) is 38.4 Å². The monoisotopic (exact) mass is 1010 g/mol. The van der Waals surface area contributed by atoms with Crippen molar-refractivity contribution < 1.29 is 81.5 Å². The summed E-state index contributed by atoms with van der Waals surface area (Å²) >= 11 is 1.88. The topological polar surface area (TPSA) is 297 Å². The number of urea groups is 1. The highest BCUT2D eigenvalue weighted by Gasteiger charge is 2.44. The van der Waals surface area contributed by atoms with Crippen LogP contribution in [-0.4, -0.2) is 128 Å². The fraction of sp³-hybridized carbons (Fsp3) is 0.660. The fourth-order valence-electron chi connectivity index (χ4n) is 8.98. The summed E-state index contributed by atoms with van der Waals surface area (Å²) in [6.45, 7) is 3.75. The predicted molar refractivity (Wildman–Crippen MR) is 245 cm³/mol. The Hall–Kier alpha value is -6.33. The minimum Gasteiger partial charge on any atom is -0.442 e. The number of Topliss-reactive ketones (excluding diaryl/α,β-unsaturated/α-hetero) is 1. The van der Waals surface area contributed by atoms with Crippen molar-refractivity contribution in [1.82, 2.24) is 31.1 Å². The van der Waals surface area contributed by atoms with E-state index in [4.69, 9.17) is 19.1 Å². The van der Waals surface area contributed by atoms with Crippen LogP contribution in [0, 0.1) is 10.8 Å². The van der Waals surface area contributed by atoms with Gasteiger partial charge in [-0.2, -0.15) is 11.8 Å². The van der Waals surface area contributed by atoms with Crippen LogP contribution in [0.25, 0.3) is 0 Å². The zero-order chi connectivity index (χ0) is 51.3. The lowest BCUT2D eigenvalue weighted by Crippen LogP contribution is -2.39. The second-order valence-corrected chi connectivity index (χ2v) is 20.3. The molecule has 388 valence electrons. The van der Waals surface area contributed by atoms with Gasteiger partial charge in [0.15, 0.2) is 0 Å². The van der Waals surface area contributed by atoms with Crippen LogP contribution in [0.4, 0.5) is 14.4 Å². The quantitative estimate of drug-likeness (QED) is 0.0641. The largest absolute Gasteiger partial charge is 0.534 e. The van der Waals surface area contributed by atoms with Crippen molar-refractivity contribution in [3.05, 3.63) is 24.3 Å². The van der Waals surface area contributed by atoms with Crippen molar-refractivity contribution >= 4 is 83.2 Å². The number of hydroxylamine groups is 6. The normalized spacial score (nSPS) is 29.3. The Kier molecular flexibility index (Phi) is 18.8. The molecule has 5 fully saturated rings. The Morgan fingerprint density at radius 2 is 1.13 bits per heavy atom. The molecule has 7 aliphatic rings. The number of ketones is 1. The summed E-state index contributed by atoms with van der Waals surface area (Å²) in [7, 11) is 0. The van der Waals surface area contributed by atoms with E-state index in [1.54, 1.807) is 38.2 Å². The first kappa shape index (κ1) is 54.0. The van der Waals surface area contributed by atoms with E-state index in [0.717, 1.165) is 25.0 Å². The highest BCUT2D eigenvalue weighted by molar-refractivity contribution is 8.00. The number of nitrogens with one attached hydrogen (secondary N) is 3. The smallest absolute Gasteiger partial charge is 0.442 e. The Labute approximate surface area is 414 Å². The van der Waals surface area contributed by atoms with Crippen molar-refractivity contribution in [3.63, 3.8) is 0 Å². The SMILES string of the molecule is CC1(C(=O)ON2C(=O)CCC2=O)C/C=C/C(OC(=O)NCCCC(=O)CCCCC2SCC3NC(=O)NC32)CCC1.CC1(C(=O)ON2C(=O)CCC2=O)C/C=C/C(OC(=O)ON2C(=O)CCC2=O)CCC1. The van der Waals surface area contributed by atoms with E-state index in [1.807, 2.05) is 11.8 Å². The van der Waals surface area contributed by atoms with Crippen LogP contribution in [0.3, 0.4) is 0 Å². The molecule has 0 saturated carbocycles.